The lowest BCUT2D eigenvalue weighted by Crippen LogP contribution is -2.34. The molecule has 0 N–H and O–H groups in total. The number of esters is 1. The molecule has 0 bridgehead atoms. The number of nitrogens with zero attached hydrogens (tertiary/aromatic N) is 2. The number of aromatic nitrogens is 1. The minimum atomic E-state index is -0.253. The van der Waals surface area contributed by atoms with E-state index in [-0.39, 0.29) is 5.97 Å². The summed E-state index contributed by atoms with van der Waals surface area (Å²) in [5, 5.41) is 0. The van der Waals surface area contributed by atoms with Gasteiger partial charge in [0, 0.05) is 19.3 Å². The Labute approximate surface area is 137 Å². The average molecular weight is 312 g/mol. The van der Waals surface area contributed by atoms with Crippen molar-refractivity contribution in [3.05, 3.63) is 59.9 Å². The van der Waals surface area contributed by atoms with Crippen molar-refractivity contribution in [2.75, 3.05) is 20.2 Å². The SMILES string of the molecule is COC(=O)c1cccn1CC1CCN(Cc2ccccc2)CC1. The Morgan fingerprint density at radius 3 is 2.57 bits per heavy atom. The van der Waals surface area contributed by atoms with Gasteiger partial charge in [-0.15, -0.1) is 0 Å². The smallest absolute Gasteiger partial charge is 0.354 e. The van der Waals surface area contributed by atoms with Crippen molar-refractivity contribution in [2.45, 2.75) is 25.9 Å². The standard InChI is InChI=1S/C19H24N2O2/c1-23-19(22)18-8-5-11-21(18)15-17-9-12-20(13-10-17)14-16-6-3-2-4-7-16/h2-8,11,17H,9-10,12-15H2,1H3. The predicted molar refractivity (Wildman–Crippen MR) is 90.2 cm³/mol. The van der Waals surface area contributed by atoms with Crippen molar-refractivity contribution in [2.24, 2.45) is 5.92 Å². The second-order valence-corrected chi connectivity index (χ2v) is 6.24. The molecule has 2 aromatic rings. The minimum absolute atomic E-state index is 0.253. The van der Waals surface area contributed by atoms with E-state index in [1.165, 1.54) is 25.5 Å². The molecular formula is C19H24N2O2. The van der Waals surface area contributed by atoms with E-state index < -0.39 is 0 Å². The summed E-state index contributed by atoms with van der Waals surface area (Å²) in [6.07, 6.45) is 4.32. The van der Waals surface area contributed by atoms with Crippen molar-refractivity contribution in [3.63, 3.8) is 0 Å². The van der Waals surface area contributed by atoms with E-state index in [9.17, 15) is 4.79 Å². The highest BCUT2D eigenvalue weighted by Gasteiger charge is 2.21. The summed E-state index contributed by atoms with van der Waals surface area (Å²) in [4.78, 5) is 14.3. The van der Waals surface area contributed by atoms with E-state index in [1.807, 2.05) is 22.9 Å². The van der Waals surface area contributed by atoms with Crippen LogP contribution in [0.1, 0.15) is 28.9 Å². The fourth-order valence-electron chi connectivity index (χ4n) is 3.31. The van der Waals surface area contributed by atoms with Crippen molar-refractivity contribution < 1.29 is 9.53 Å². The number of hydrogen-bond acceptors (Lipinski definition) is 3. The molecule has 0 radical (unpaired) electrons. The molecule has 2 heterocycles. The van der Waals surface area contributed by atoms with Crippen LogP contribution in [0, 0.1) is 5.92 Å². The van der Waals surface area contributed by atoms with Crippen LogP contribution in [0.3, 0.4) is 0 Å². The van der Waals surface area contributed by atoms with Crippen LogP contribution in [0.5, 0.6) is 0 Å². The monoisotopic (exact) mass is 312 g/mol. The van der Waals surface area contributed by atoms with Crippen LogP contribution in [0.4, 0.5) is 0 Å². The molecule has 0 amide bonds. The summed E-state index contributed by atoms with van der Waals surface area (Å²) in [6.45, 7) is 4.17. The number of carbonyl (C=O) groups is 1. The molecule has 1 aliphatic rings. The molecule has 0 saturated carbocycles. The number of methoxy groups -OCH3 is 1. The molecule has 1 aromatic heterocycles. The Bertz CT molecular complexity index is 628. The van der Waals surface area contributed by atoms with Gasteiger partial charge in [0.25, 0.3) is 0 Å². The fraction of sp³-hybridized carbons (Fsp3) is 0.421. The quantitative estimate of drug-likeness (QED) is 0.795. The van der Waals surface area contributed by atoms with Crippen LogP contribution >= 0.6 is 0 Å². The number of ether oxygens (including phenoxy) is 1. The van der Waals surface area contributed by atoms with Gasteiger partial charge in [0.2, 0.25) is 0 Å². The van der Waals surface area contributed by atoms with Gasteiger partial charge < -0.3 is 9.30 Å². The molecule has 0 aliphatic carbocycles. The largest absolute Gasteiger partial charge is 0.464 e. The Hall–Kier alpha value is -2.07. The van der Waals surface area contributed by atoms with Crippen molar-refractivity contribution in [1.82, 2.24) is 9.47 Å². The molecule has 0 atom stereocenters. The Morgan fingerprint density at radius 2 is 1.87 bits per heavy atom. The van der Waals surface area contributed by atoms with Crippen molar-refractivity contribution in [1.29, 1.82) is 0 Å². The normalized spacial score (nSPS) is 16.4. The Kier molecular flexibility index (Phi) is 5.13. The molecule has 0 spiro atoms. The van der Waals surface area contributed by atoms with Gasteiger partial charge in [0.05, 0.1) is 7.11 Å². The molecule has 1 aliphatic heterocycles. The molecular weight excluding hydrogens is 288 g/mol. The van der Waals surface area contributed by atoms with Crippen LogP contribution in [-0.4, -0.2) is 35.6 Å². The number of hydrogen-bond donors (Lipinski definition) is 0. The Balaban J connectivity index is 1.52. The zero-order chi connectivity index (χ0) is 16.1. The number of piperidine rings is 1. The van der Waals surface area contributed by atoms with E-state index in [0.717, 1.165) is 26.2 Å². The molecule has 3 rings (SSSR count). The van der Waals surface area contributed by atoms with Gasteiger partial charge in [-0.2, -0.15) is 0 Å². The van der Waals surface area contributed by atoms with Crippen LogP contribution < -0.4 is 0 Å². The maximum absolute atomic E-state index is 11.7. The highest BCUT2D eigenvalue weighted by atomic mass is 16.5. The first-order valence-corrected chi connectivity index (χ1v) is 8.26. The zero-order valence-electron chi connectivity index (χ0n) is 13.6. The third-order valence-corrected chi connectivity index (χ3v) is 4.64. The second-order valence-electron chi connectivity index (χ2n) is 6.24. The summed E-state index contributed by atoms with van der Waals surface area (Å²) in [7, 11) is 1.43. The van der Waals surface area contributed by atoms with Gasteiger partial charge in [-0.3, -0.25) is 4.90 Å². The lowest BCUT2D eigenvalue weighted by molar-refractivity contribution is 0.0585. The maximum Gasteiger partial charge on any atom is 0.354 e. The van der Waals surface area contributed by atoms with E-state index >= 15 is 0 Å². The molecule has 4 nitrogen and oxygen atoms in total. The molecule has 1 saturated heterocycles. The van der Waals surface area contributed by atoms with Gasteiger partial charge in [0.1, 0.15) is 5.69 Å². The second kappa shape index (κ2) is 7.47. The van der Waals surface area contributed by atoms with Crippen LogP contribution in [0.25, 0.3) is 0 Å². The topological polar surface area (TPSA) is 34.5 Å². The van der Waals surface area contributed by atoms with Crippen LogP contribution in [0.15, 0.2) is 48.7 Å². The first-order chi connectivity index (χ1) is 11.3. The molecule has 0 unspecified atom stereocenters. The van der Waals surface area contributed by atoms with Gasteiger partial charge >= 0.3 is 5.97 Å². The number of benzene rings is 1. The predicted octanol–water partition coefficient (Wildman–Crippen LogP) is 3.19. The average Bonchev–Trinajstić information content (AvgIpc) is 3.05. The molecule has 1 aromatic carbocycles. The summed E-state index contributed by atoms with van der Waals surface area (Å²) in [6, 6.07) is 14.4. The summed E-state index contributed by atoms with van der Waals surface area (Å²) >= 11 is 0. The van der Waals surface area contributed by atoms with Crippen LogP contribution in [0.2, 0.25) is 0 Å². The first kappa shape index (κ1) is 15.8. The van der Waals surface area contributed by atoms with Gasteiger partial charge in [-0.25, -0.2) is 4.79 Å². The van der Waals surface area contributed by atoms with Crippen molar-refractivity contribution in [3.8, 4) is 0 Å². The molecule has 23 heavy (non-hydrogen) atoms. The van der Waals surface area contributed by atoms with E-state index in [2.05, 4.69) is 35.2 Å². The lowest BCUT2D eigenvalue weighted by atomic mass is 9.96. The van der Waals surface area contributed by atoms with Gasteiger partial charge in [-0.05, 0) is 49.5 Å². The third kappa shape index (κ3) is 4.02. The summed E-state index contributed by atoms with van der Waals surface area (Å²) in [5.41, 5.74) is 2.03. The van der Waals surface area contributed by atoms with E-state index in [4.69, 9.17) is 4.74 Å². The summed E-state index contributed by atoms with van der Waals surface area (Å²) in [5.74, 6) is 0.370. The molecule has 4 heteroatoms. The highest BCUT2D eigenvalue weighted by Crippen LogP contribution is 2.21. The number of likely N-dealkylation sites (tertiary alicyclic amines) is 1. The lowest BCUT2D eigenvalue weighted by Gasteiger charge is -2.32. The maximum atomic E-state index is 11.7. The van der Waals surface area contributed by atoms with E-state index in [0.29, 0.717) is 11.6 Å². The Morgan fingerprint density at radius 1 is 1.13 bits per heavy atom. The van der Waals surface area contributed by atoms with Crippen LogP contribution in [-0.2, 0) is 17.8 Å². The fourth-order valence-corrected chi connectivity index (χ4v) is 3.31. The zero-order valence-corrected chi connectivity index (χ0v) is 13.6. The number of carbonyl (C=O) groups excluding carboxylic acids is 1. The minimum Gasteiger partial charge on any atom is -0.464 e. The van der Waals surface area contributed by atoms with Gasteiger partial charge in [0.15, 0.2) is 0 Å². The van der Waals surface area contributed by atoms with Crippen molar-refractivity contribution >= 4 is 5.97 Å². The third-order valence-electron chi connectivity index (χ3n) is 4.64. The summed E-state index contributed by atoms with van der Waals surface area (Å²) < 4.78 is 6.87. The molecule has 122 valence electrons. The molecule has 1 fully saturated rings. The highest BCUT2D eigenvalue weighted by molar-refractivity contribution is 5.87. The number of rotatable bonds is 5. The van der Waals surface area contributed by atoms with Gasteiger partial charge in [-0.1, -0.05) is 30.3 Å². The van der Waals surface area contributed by atoms with E-state index in [1.54, 1.807) is 0 Å². The first-order valence-electron chi connectivity index (χ1n) is 8.26.